The lowest BCUT2D eigenvalue weighted by Crippen LogP contribution is -2.45. The van der Waals surface area contributed by atoms with Crippen molar-refractivity contribution in [1.29, 1.82) is 0 Å². The predicted octanol–water partition coefficient (Wildman–Crippen LogP) is 3.76. The lowest BCUT2D eigenvalue weighted by molar-refractivity contribution is 0.0926. The van der Waals surface area contributed by atoms with Crippen LogP contribution in [0.5, 0.6) is 0 Å². The Morgan fingerprint density at radius 3 is 2.44 bits per heavy atom. The number of carbonyl (C=O) groups is 1. The first-order valence-electron chi connectivity index (χ1n) is 8.95. The molecule has 2 atom stereocenters. The number of ether oxygens (including phenoxy) is 1. The number of hydrogen-bond donors (Lipinski definition) is 1. The molecule has 6 heteroatoms. The lowest BCUT2D eigenvalue weighted by atomic mass is 10.0. The van der Waals surface area contributed by atoms with Gasteiger partial charge in [-0.2, -0.15) is 0 Å². The van der Waals surface area contributed by atoms with Crippen LogP contribution in [0.2, 0.25) is 0 Å². The molecule has 2 aromatic rings. The highest BCUT2D eigenvalue weighted by Gasteiger charge is 2.31. The SMILES string of the molecule is CC(C)C(NC(=O)c1c(F)cccc1F)C1=N[C@@H](Cc2ccccc2)CO1. The van der Waals surface area contributed by atoms with Crippen LogP contribution in [0.3, 0.4) is 0 Å². The first-order chi connectivity index (χ1) is 13.0. The van der Waals surface area contributed by atoms with Crippen molar-refractivity contribution in [2.75, 3.05) is 6.61 Å². The molecule has 1 unspecified atom stereocenters. The van der Waals surface area contributed by atoms with Crippen molar-refractivity contribution in [3.05, 3.63) is 71.3 Å². The number of amides is 1. The molecule has 0 bridgehead atoms. The molecule has 1 N–H and O–H groups in total. The summed E-state index contributed by atoms with van der Waals surface area (Å²) in [6, 6.07) is 12.7. The number of carbonyl (C=O) groups excluding carboxylic acids is 1. The van der Waals surface area contributed by atoms with Crippen LogP contribution in [0, 0.1) is 17.6 Å². The molecule has 1 heterocycles. The Morgan fingerprint density at radius 2 is 1.81 bits per heavy atom. The summed E-state index contributed by atoms with van der Waals surface area (Å²) in [5.74, 6) is -2.27. The first-order valence-corrected chi connectivity index (χ1v) is 8.95. The highest BCUT2D eigenvalue weighted by Crippen LogP contribution is 2.18. The van der Waals surface area contributed by atoms with E-state index < -0.39 is 29.1 Å². The number of nitrogens with one attached hydrogen (secondary N) is 1. The average molecular weight is 372 g/mol. The normalized spacial score (nSPS) is 17.4. The van der Waals surface area contributed by atoms with Crippen molar-refractivity contribution in [3.8, 4) is 0 Å². The van der Waals surface area contributed by atoms with Gasteiger partial charge in [0.25, 0.3) is 5.91 Å². The molecule has 0 radical (unpaired) electrons. The molecule has 142 valence electrons. The van der Waals surface area contributed by atoms with Gasteiger partial charge >= 0.3 is 0 Å². The maximum atomic E-state index is 13.9. The van der Waals surface area contributed by atoms with Crippen LogP contribution in [-0.4, -0.2) is 30.5 Å². The van der Waals surface area contributed by atoms with Crippen LogP contribution in [0.15, 0.2) is 53.5 Å². The van der Waals surface area contributed by atoms with E-state index in [0.29, 0.717) is 12.5 Å². The van der Waals surface area contributed by atoms with Gasteiger partial charge in [-0.05, 0) is 30.0 Å². The summed E-state index contributed by atoms with van der Waals surface area (Å²) in [6.07, 6.45) is 0.727. The van der Waals surface area contributed by atoms with Gasteiger partial charge in [-0.1, -0.05) is 50.2 Å². The summed E-state index contributed by atoms with van der Waals surface area (Å²) >= 11 is 0. The van der Waals surface area contributed by atoms with E-state index in [4.69, 9.17) is 4.74 Å². The Hall–Kier alpha value is -2.76. The van der Waals surface area contributed by atoms with E-state index in [-0.39, 0.29) is 12.0 Å². The second kappa shape index (κ2) is 8.29. The summed E-state index contributed by atoms with van der Waals surface area (Å²) in [5, 5.41) is 2.67. The van der Waals surface area contributed by atoms with Crippen LogP contribution in [-0.2, 0) is 11.2 Å². The molecule has 1 amide bonds. The van der Waals surface area contributed by atoms with Crippen molar-refractivity contribution in [1.82, 2.24) is 5.32 Å². The van der Waals surface area contributed by atoms with Crippen molar-refractivity contribution in [2.45, 2.75) is 32.4 Å². The van der Waals surface area contributed by atoms with Crippen LogP contribution < -0.4 is 5.32 Å². The molecule has 0 aromatic heterocycles. The third-order valence-corrected chi connectivity index (χ3v) is 4.46. The maximum Gasteiger partial charge on any atom is 0.257 e. The predicted molar refractivity (Wildman–Crippen MR) is 99.8 cm³/mol. The van der Waals surface area contributed by atoms with Crippen LogP contribution in [0.25, 0.3) is 0 Å². The van der Waals surface area contributed by atoms with Gasteiger partial charge in [-0.3, -0.25) is 4.79 Å². The monoisotopic (exact) mass is 372 g/mol. The molecule has 4 nitrogen and oxygen atoms in total. The van der Waals surface area contributed by atoms with Gasteiger partial charge in [0.2, 0.25) is 5.90 Å². The fourth-order valence-corrected chi connectivity index (χ4v) is 3.04. The summed E-state index contributed by atoms with van der Waals surface area (Å²) in [6.45, 7) is 4.19. The highest BCUT2D eigenvalue weighted by molar-refractivity contribution is 5.98. The molecule has 0 fully saturated rings. The minimum absolute atomic E-state index is 0.0502. The smallest absolute Gasteiger partial charge is 0.257 e. The zero-order valence-electron chi connectivity index (χ0n) is 15.3. The van der Waals surface area contributed by atoms with Gasteiger partial charge in [-0.15, -0.1) is 0 Å². The topological polar surface area (TPSA) is 50.7 Å². The summed E-state index contributed by atoms with van der Waals surface area (Å²) in [7, 11) is 0. The Labute approximate surface area is 157 Å². The van der Waals surface area contributed by atoms with E-state index in [1.54, 1.807) is 0 Å². The molecule has 1 aliphatic rings. The van der Waals surface area contributed by atoms with Gasteiger partial charge in [0.15, 0.2) is 0 Å². The second-order valence-corrected chi connectivity index (χ2v) is 6.91. The molecule has 0 aliphatic carbocycles. The number of rotatable bonds is 6. The van der Waals surface area contributed by atoms with Gasteiger partial charge in [-0.25, -0.2) is 13.8 Å². The number of hydrogen-bond acceptors (Lipinski definition) is 3. The molecular weight excluding hydrogens is 350 g/mol. The van der Waals surface area contributed by atoms with Crippen LogP contribution in [0.1, 0.15) is 29.8 Å². The van der Waals surface area contributed by atoms with Gasteiger partial charge in [0.1, 0.15) is 29.8 Å². The third kappa shape index (κ3) is 4.51. The molecule has 2 aromatic carbocycles. The van der Waals surface area contributed by atoms with Crippen molar-refractivity contribution in [2.24, 2.45) is 10.9 Å². The van der Waals surface area contributed by atoms with E-state index in [1.807, 2.05) is 44.2 Å². The molecular formula is C21H22F2N2O2. The summed E-state index contributed by atoms with van der Waals surface area (Å²) < 4.78 is 33.4. The van der Waals surface area contributed by atoms with Crippen molar-refractivity contribution < 1.29 is 18.3 Å². The Balaban J connectivity index is 1.74. The zero-order chi connectivity index (χ0) is 19.4. The Kier molecular flexibility index (Phi) is 5.84. The average Bonchev–Trinajstić information content (AvgIpc) is 3.08. The quantitative estimate of drug-likeness (QED) is 0.839. The second-order valence-electron chi connectivity index (χ2n) is 6.91. The Bertz CT molecular complexity index is 817. The van der Waals surface area contributed by atoms with Crippen molar-refractivity contribution in [3.63, 3.8) is 0 Å². The number of benzene rings is 2. The molecule has 3 rings (SSSR count). The maximum absolute atomic E-state index is 13.9. The number of aliphatic imine (C=N–C) groups is 1. The van der Waals surface area contributed by atoms with Gasteiger partial charge < -0.3 is 10.1 Å². The fraction of sp³-hybridized carbons (Fsp3) is 0.333. The zero-order valence-corrected chi connectivity index (χ0v) is 15.3. The van der Waals surface area contributed by atoms with Crippen LogP contribution >= 0.6 is 0 Å². The standard InChI is InChI=1S/C21H22F2N2O2/c1-13(2)19(25-20(26)18-16(22)9-6-10-17(18)23)21-24-15(12-27-21)11-14-7-4-3-5-8-14/h3-10,13,15,19H,11-12H2,1-2H3,(H,25,26)/t15-,19?/m0/s1. The first kappa shape index (κ1) is 19.0. The molecule has 0 saturated carbocycles. The molecule has 0 saturated heterocycles. The van der Waals surface area contributed by atoms with E-state index in [1.165, 1.54) is 6.07 Å². The van der Waals surface area contributed by atoms with E-state index in [0.717, 1.165) is 24.1 Å². The Morgan fingerprint density at radius 1 is 1.15 bits per heavy atom. The fourth-order valence-electron chi connectivity index (χ4n) is 3.04. The molecule has 27 heavy (non-hydrogen) atoms. The highest BCUT2D eigenvalue weighted by atomic mass is 19.1. The minimum Gasteiger partial charge on any atom is -0.477 e. The van der Waals surface area contributed by atoms with Gasteiger partial charge in [0.05, 0.1) is 6.04 Å². The summed E-state index contributed by atoms with van der Waals surface area (Å²) in [4.78, 5) is 17.0. The third-order valence-electron chi connectivity index (χ3n) is 4.46. The number of halogens is 2. The minimum atomic E-state index is -0.897. The van der Waals surface area contributed by atoms with E-state index >= 15 is 0 Å². The number of nitrogens with zero attached hydrogens (tertiary/aromatic N) is 1. The largest absolute Gasteiger partial charge is 0.477 e. The molecule has 1 aliphatic heterocycles. The summed E-state index contributed by atoms with van der Waals surface area (Å²) in [5.41, 5.74) is 0.553. The molecule has 0 spiro atoms. The van der Waals surface area contributed by atoms with E-state index in [2.05, 4.69) is 10.3 Å². The lowest BCUT2D eigenvalue weighted by Gasteiger charge is -2.22. The van der Waals surface area contributed by atoms with Crippen molar-refractivity contribution >= 4 is 11.8 Å². The van der Waals surface area contributed by atoms with Gasteiger partial charge in [0, 0.05) is 0 Å². The van der Waals surface area contributed by atoms with Crippen LogP contribution in [0.4, 0.5) is 8.78 Å². The van der Waals surface area contributed by atoms with E-state index in [9.17, 15) is 13.6 Å².